The van der Waals surface area contributed by atoms with Gasteiger partial charge in [0.25, 0.3) is 5.91 Å². The monoisotopic (exact) mass is 425 g/mol. The van der Waals surface area contributed by atoms with Crippen LogP contribution in [0.2, 0.25) is 5.02 Å². The molecule has 0 aliphatic heterocycles. The molecule has 2 N–H and O–H groups in total. The first-order valence-corrected chi connectivity index (χ1v) is 10.3. The Labute approximate surface area is 180 Å². The smallest absolute Gasteiger partial charge is 0.254 e. The molecule has 1 heterocycles. The summed E-state index contributed by atoms with van der Waals surface area (Å²) in [7, 11) is 1.59. The largest absolute Gasteiger partial charge is 0.497 e. The quantitative estimate of drug-likeness (QED) is 0.595. The molecule has 30 heavy (non-hydrogen) atoms. The van der Waals surface area contributed by atoms with Crippen LogP contribution in [0, 0.1) is 6.92 Å². The van der Waals surface area contributed by atoms with Gasteiger partial charge in [-0.1, -0.05) is 29.8 Å². The van der Waals surface area contributed by atoms with Crippen LogP contribution < -0.4 is 10.1 Å². The summed E-state index contributed by atoms with van der Waals surface area (Å²) in [4.78, 5) is 12.9. The van der Waals surface area contributed by atoms with E-state index >= 15 is 0 Å². The third kappa shape index (κ3) is 4.20. The highest BCUT2D eigenvalue weighted by molar-refractivity contribution is 6.31. The van der Waals surface area contributed by atoms with E-state index in [0.717, 1.165) is 29.8 Å². The number of halogens is 1. The van der Waals surface area contributed by atoms with Gasteiger partial charge in [0, 0.05) is 17.5 Å². The molecule has 1 saturated carbocycles. The summed E-state index contributed by atoms with van der Waals surface area (Å²) in [5, 5.41) is 18.4. The zero-order chi connectivity index (χ0) is 21.3. The van der Waals surface area contributed by atoms with Crippen LogP contribution in [0.5, 0.6) is 5.75 Å². The van der Waals surface area contributed by atoms with Crippen LogP contribution in [0.25, 0.3) is 5.69 Å². The maximum atomic E-state index is 12.9. The van der Waals surface area contributed by atoms with E-state index in [1.165, 1.54) is 0 Å². The Balaban J connectivity index is 1.51. The molecule has 1 unspecified atom stereocenters. The highest BCUT2D eigenvalue weighted by Crippen LogP contribution is 2.42. The molecule has 7 heteroatoms. The van der Waals surface area contributed by atoms with Crippen molar-refractivity contribution in [1.29, 1.82) is 0 Å². The van der Waals surface area contributed by atoms with Crippen molar-refractivity contribution in [2.24, 2.45) is 0 Å². The molecule has 0 saturated heterocycles. The third-order valence-corrected chi connectivity index (χ3v) is 5.78. The number of hydrogen-bond donors (Lipinski definition) is 2. The number of methoxy groups -OCH3 is 1. The zero-order valence-corrected chi connectivity index (χ0v) is 17.7. The number of nitrogens with one attached hydrogen (secondary N) is 1. The standard InChI is InChI=1S/C23H24ClN3O3/c1-14-3-8-17(11-20(14)24)27-22(16-4-5-16)19(12-26-27)23(29)25-13-21(28)15-6-9-18(30-2)10-7-15/h3,6-12,16,21,28H,4-5,13H2,1-2H3,(H,25,29). The Morgan fingerprint density at radius 1 is 1.30 bits per heavy atom. The first kappa shape index (κ1) is 20.4. The molecule has 1 fully saturated rings. The Bertz CT molecular complexity index is 1060. The lowest BCUT2D eigenvalue weighted by Crippen LogP contribution is -2.29. The molecule has 1 aliphatic carbocycles. The minimum atomic E-state index is -0.810. The molecule has 1 atom stereocenters. The highest BCUT2D eigenvalue weighted by Gasteiger charge is 2.33. The van der Waals surface area contributed by atoms with Gasteiger partial charge < -0.3 is 15.2 Å². The second kappa shape index (κ2) is 8.50. The van der Waals surface area contributed by atoms with Crippen molar-refractivity contribution in [3.8, 4) is 11.4 Å². The van der Waals surface area contributed by atoms with Crippen LogP contribution in [-0.4, -0.2) is 34.4 Å². The number of aliphatic hydroxyl groups excluding tert-OH is 1. The third-order valence-electron chi connectivity index (χ3n) is 5.37. The summed E-state index contributed by atoms with van der Waals surface area (Å²) < 4.78 is 6.93. The molecular weight excluding hydrogens is 402 g/mol. The van der Waals surface area contributed by atoms with Crippen molar-refractivity contribution >= 4 is 17.5 Å². The SMILES string of the molecule is COc1ccc(C(O)CNC(=O)c2cnn(-c3ccc(C)c(Cl)c3)c2C2CC2)cc1. The summed E-state index contributed by atoms with van der Waals surface area (Å²) in [5.41, 5.74) is 3.97. The van der Waals surface area contributed by atoms with Gasteiger partial charge in [-0.05, 0) is 55.2 Å². The Hall–Kier alpha value is -2.83. The van der Waals surface area contributed by atoms with Crippen molar-refractivity contribution in [1.82, 2.24) is 15.1 Å². The zero-order valence-electron chi connectivity index (χ0n) is 16.9. The van der Waals surface area contributed by atoms with Crippen LogP contribution in [0.1, 0.15) is 52.0 Å². The van der Waals surface area contributed by atoms with Crippen LogP contribution >= 0.6 is 11.6 Å². The number of carbonyl (C=O) groups excluding carboxylic acids is 1. The number of aliphatic hydroxyl groups is 1. The molecule has 0 bridgehead atoms. The first-order valence-electron chi connectivity index (χ1n) is 9.92. The van der Waals surface area contributed by atoms with Crippen molar-refractivity contribution in [2.75, 3.05) is 13.7 Å². The topological polar surface area (TPSA) is 76.4 Å². The van der Waals surface area contributed by atoms with Crippen molar-refractivity contribution < 1.29 is 14.6 Å². The van der Waals surface area contributed by atoms with Gasteiger partial charge in [-0.3, -0.25) is 4.79 Å². The Morgan fingerprint density at radius 3 is 2.67 bits per heavy atom. The predicted octanol–water partition coefficient (Wildman–Crippen LogP) is 4.18. The van der Waals surface area contributed by atoms with E-state index in [1.54, 1.807) is 42.3 Å². The molecular formula is C23H24ClN3O3. The van der Waals surface area contributed by atoms with E-state index in [9.17, 15) is 9.90 Å². The average molecular weight is 426 g/mol. The highest BCUT2D eigenvalue weighted by atomic mass is 35.5. The number of aryl methyl sites for hydroxylation is 1. The van der Waals surface area contributed by atoms with E-state index in [0.29, 0.717) is 27.8 Å². The fourth-order valence-electron chi connectivity index (χ4n) is 3.43. The Kier molecular flexibility index (Phi) is 5.79. The first-order chi connectivity index (χ1) is 14.5. The van der Waals surface area contributed by atoms with Crippen molar-refractivity contribution in [3.05, 3.63) is 76.1 Å². The lowest BCUT2D eigenvalue weighted by molar-refractivity contribution is 0.0915. The minimum Gasteiger partial charge on any atom is -0.497 e. The van der Waals surface area contributed by atoms with Gasteiger partial charge in [0.05, 0.1) is 36.4 Å². The molecule has 0 radical (unpaired) electrons. The van der Waals surface area contributed by atoms with Gasteiger partial charge in [-0.25, -0.2) is 4.68 Å². The predicted molar refractivity (Wildman–Crippen MR) is 116 cm³/mol. The van der Waals surface area contributed by atoms with Gasteiger partial charge in [-0.15, -0.1) is 0 Å². The average Bonchev–Trinajstić information content (AvgIpc) is 3.51. The minimum absolute atomic E-state index is 0.108. The fraction of sp³-hybridized carbons (Fsp3) is 0.304. The normalized spacial score (nSPS) is 14.4. The molecule has 1 aliphatic rings. The van der Waals surface area contributed by atoms with E-state index in [4.69, 9.17) is 16.3 Å². The number of benzene rings is 2. The lowest BCUT2D eigenvalue weighted by atomic mass is 10.1. The van der Waals surface area contributed by atoms with Gasteiger partial charge in [-0.2, -0.15) is 5.10 Å². The lowest BCUT2D eigenvalue weighted by Gasteiger charge is -2.14. The van der Waals surface area contributed by atoms with E-state index < -0.39 is 6.10 Å². The van der Waals surface area contributed by atoms with Gasteiger partial charge >= 0.3 is 0 Å². The molecule has 156 valence electrons. The van der Waals surface area contributed by atoms with Crippen LogP contribution in [0.15, 0.2) is 48.7 Å². The second-order valence-electron chi connectivity index (χ2n) is 7.56. The maximum Gasteiger partial charge on any atom is 0.254 e. The van der Waals surface area contributed by atoms with E-state index in [-0.39, 0.29) is 12.5 Å². The summed E-state index contributed by atoms with van der Waals surface area (Å²) >= 11 is 6.29. The molecule has 2 aromatic carbocycles. The fourth-order valence-corrected chi connectivity index (χ4v) is 3.61. The number of ether oxygens (including phenoxy) is 1. The van der Waals surface area contributed by atoms with Gasteiger partial charge in [0.2, 0.25) is 0 Å². The molecule has 3 aromatic rings. The van der Waals surface area contributed by atoms with Crippen LogP contribution in [0.4, 0.5) is 0 Å². The second-order valence-corrected chi connectivity index (χ2v) is 7.97. The Morgan fingerprint density at radius 2 is 2.03 bits per heavy atom. The van der Waals surface area contributed by atoms with Crippen molar-refractivity contribution in [2.45, 2.75) is 31.8 Å². The number of aromatic nitrogens is 2. The summed E-state index contributed by atoms with van der Waals surface area (Å²) in [5.74, 6) is 0.779. The van der Waals surface area contributed by atoms with Gasteiger partial charge in [0.15, 0.2) is 0 Å². The summed E-state index contributed by atoms with van der Waals surface area (Å²) in [6.07, 6.45) is 2.84. The van der Waals surface area contributed by atoms with E-state index in [1.807, 2.05) is 25.1 Å². The number of hydrogen-bond acceptors (Lipinski definition) is 4. The molecule has 6 nitrogen and oxygen atoms in total. The number of carbonyl (C=O) groups is 1. The number of amides is 1. The van der Waals surface area contributed by atoms with Crippen LogP contribution in [-0.2, 0) is 0 Å². The van der Waals surface area contributed by atoms with E-state index in [2.05, 4.69) is 10.4 Å². The molecule has 1 amide bonds. The molecule has 1 aromatic heterocycles. The van der Waals surface area contributed by atoms with Crippen LogP contribution in [0.3, 0.4) is 0 Å². The van der Waals surface area contributed by atoms with Gasteiger partial charge in [0.1, 0.15) is 5.75 Å². The van der Waals surface area contributed by atoms with Crippen molar-refractivity contribution in [3.63, 3.8) is 0 Å². The maximum absolute atomic E-state index is 12.9. The summed E-state index contributed by atoms with van der Waals surface area (Å²) in [6, 6.07) is 12.9. The molecule has 0 spiro atoms. The number of rotatable bonds is 7. The molecule has 4 rings (SSSR count). The summed E-state index contributed by atoms with van der Waals surface area (Å²) in [6.45, 7) is 2.06. The number of nitrogens with zero attached hydrogens (tertiary/aromatic N) is 2.